The molecule has 0 spiro atoms. The Labute approximate surface area is 101 Å². The van der Waals surface area contributed by atoms with Crippen LogP contribution in [0.2, 0.25) is 0 Å². The maximum Gasteiger partial charge on any atom is 0.223 e. The summed E-state index contributed by atoms with van der Waals surface area (Å²) in [6.45, 7) is 13.2. The van der Waals surface area contributed by atoms with Gasteiger partial charge in [0, 0.05) is 13.0 Å². The zero-order valence-electron chi connectivity index (χ0n) is 12.1. The van der Waals surface area contributed by atoms with E-state index in [1.807, 2.05) is 0 Å². The zero-order valence-corrected chi connectivity index (χ0v) is 12.1. The molecule has 0 aliphatic heterocycles. The molecule has 0 aliphatic carbocycles. The Balaban J connectivity index is 5.00. The van der Waals surface area contributed by atoms with Crippen LogP contribution in [0.15, 0.2) is 0 Å². The molecule has 0 rings (SSSR count). The number of carbonyl (C=O) groups excluding carboxylic acids is 1. The SMILES string of the molecule is CCC(C)(CC)C(CC(C)(C)C)C(=O)NC. The third-order valence-electron chi connectivity index (χ3n) is 3.84. The van der Waals surface area contributed by atoms with Crippen molar-refractivity contribution >= 4 is 5.91 Å². The quantitative estimate of drug-likeness (QED) is 0.763. The molecule has 0 aromatic carbocycles. The summed E-state index contributed by atoms with van der Waals surface area (Å²) in [5.74, 6) is 0.314. The number of hydrogen-bond donors (Lipinski definition) is 1. The van der Waals surface area contributed by atoms with Gasteiger partial charge in [0.15, 0.2) is 0 Å². The van der Waals surface area contributed by atoms with Gasteiger partial charge >= 0.3 is 0 Å². The molecule has 0 saturated carbocycles. The first-order valence-corrected chi connectivity index (χ1v) is 6.41. The van der Waals surface area contributed by atoms with Gasteiger partial charge in [0.25, 0.3) is 0 Å². The highest BCUT2D eigenvalue weighted by Gasteiger charge is 2.38. The lowest BCUT2D eigenvalue weighted by Crippen LogP contribution is -2.40. The molecule has 0 bridgehead atoms. The van der Waals surface area contributed by atoms with E-state index in [0.717, 1.165) is 19.3 Å². The van der Waals surface area contributed by atoms with Gasteiger partial charge < -0.3 is 5.32 Å². The van der Waals surface area contributed by atoms with Crippen LogP contribution in [-0.2, 0) is 4.79 Å². The Morgan fingerprint density at radius 2 is 1.56 bits per heavy atom. The third kappa shape index (κ3) is 4.15. The minimum absolute atomic E-state index is 0.118. The largest absolute Gasteiger partial charge is 0.359 e. The van der Waals surface area contributed by atoms with Gasteiger partial charge in [-0.2, -0.15) is 0 Å². The van der Waals surface area contributed by atoms with Crippen LogP contribution in [0.5, 0.6) is 0 Å². The third-order valence-corrected chi connectivity index (χ3v) is 3.84. The van der Waals surface area contributed by atoms with E-state index in [0.29, 0.717) is 0 Å². The average Bonchev–Trinajstić information content (AvgIpc) is 2.22. The Morgan fingerprint density at radius 1 is 1.12 bits per heavy atom. The highest BCUT2D eigenvalue weighted by atomic mass is 16.1. The van der Waals surface area contributed by atoms with Gasteiger partial charge in [-0.05, 0) is 30.1 Å². The molecule has 2 heteroatoms. The van der Waals surface area contributed by atoms with Gasteiger partial charge in [0.1, 0.15) is 0 Å². The van der Waals surface area contributed by atoms with Gasteiger partial charge in [-0.25, -0.2) is 0 Å². The van der Waals surface area contributed by atoms with Crippen molar-refractivity contribution in [2.45, 2.75) is 60.8 Å². The van der Waals surface area contributed by atoms with Crippen LogP contribution in [-0.4, -0.2) is 13.0 Å². The molecule has 16 heavy (non-hydrogen) atoms. The number of hydrogen-bond acceptors (Lipinski definition) is 1. The number of carbonyl (C=O) groups is 1. The van der Waals surface area contributed by atoms with Gasteiger partial charge in [-0.3, -0.25) is 4.79 Å². The van der Waals surface area contributed by atoms with E-state index in [1.165, 1.54) is 0 Å². The predicted molar refractivity (Wildman–Crippen MR) is 70.3 cm³/mol. The molecule has 2 nitrogen and oxygen atoms in total. The highest BCUT2D eigenvalue weighted by molar-refractivity contribution is 5.79. The first kappa shape index (κ1) is 15.5. The minimum Gasteiger partial charge on any atom is -0.359 e. The highest BCUT2D eigenvalue weighted by Crippen LogP contribution is 2.41. The summed E-state index contributed by atoms with van der Waals surface area (Å²) in [7, 11) is 1.74. The van der Waals surface area contributed by atoms with Crippen molar-refractivity contribution in [1.29, 1.82) is 0 Å². The molecule has 0 aromatic rings. The first-order valence-electron chi connectivity index (χ1n) is 6.41. The number of amides is 1. The van der Waals surface area contributed by atoms with Crippen LogP contribution in [0.3, 0.4) is 0 Å². The van der Waals surface area contributed by atoms with Crippen molar-refractivity contribution in [3.8, 4) is 0 Å². The summed E-state index contributed by atoms with van der Waals surface area (Å²) >= 11 is 0. The molecule has 96 valence electrons. The van der Waals surface area contributed by atoms with E-state index >= 15 is 0 Å². The van der Waals surface area contributed by atoms with Crippen LogP contribution in [0, 0.1) is 16.7 Å². The number of rotatable bonds is 5. The maximum atomic E-state index is 12.0. The van der Waals surface area contributed by atoms with Crippen molar-refractivity contribution in [3.63, 3.8) is 0 Å². The zero-order chi connectivity index (χ0) is 13.0. The van der Waals surface area contributed by atoms with Crippen LogP contribution < -0.4 is 5.32 Å². The van der Waals surface area contributed by atoms with E-state index in [9.17, 15) is 4.79 Å². The van der Waals surface area contributed by atoms with Crippen LogP contribution in [0.25, 0.3) is 0 Å². The summed E-state index contributed by atoms with van der Waals surface area (Å²) in [5, 5.41) is 2.82. The molecule has 1 atom stereocenters. The Kier molecular flexibility index (Phi) is 5.51. The first-order chi connectivity index (χ1) is 7.20. The number of nitrogens with one attached hydrogen (secondary N) is 1. The Morgan fingerprint density at radius 3 is 1.81 bits per heavy atom. The molecule has 1 N–H and O–H groups in total. The molecule has 0 aromatic heterocycles. The standard InChI is InChI=1S/C14H29NO/c1-8-14(6,9-2)11(12(16)15-7)10-13(3,4)5/h11H,8-10H2,1-7H3,(H,15,16). The summed E-state index contributed by atoms with van der Waals surface area (Å²) in [6.07, 6.45) is 3.06. The fourth-order valence-corrected chi connectivity index (χ4v) is 2.18. The van der Waals surface area contributed by atoms with Crippen LogP contribution in [0.4, 0.5) is 0 Å². The van der Waals surface area contributed by atoms with Crippen molar-refractivity contribution in [3.05, 3.63) is 0 Å². The fourth-order valence-electron chi connectivity index (χ4n) is 2.18. The Bertz CT molecular complexity index is 223. The van der Waals surface area contributed by atoms with Crippen molar-refractivity contribution < 1.29 is 4.79 Å². The van der Waals surface area contributed by atoms with E-state index in [2.05, 4.69) is 46.9 Å². The second-order valence-corrected chi connectivity index (χ2v) is 6.29. The minimum atomic E-state index is 0.118. The van der Waals surface area contributed by atoms with Gasteiger partial charge in [0.05, 0.1) is 0 Å². The molecule has 0 aliphatic rings. The monoisotopic (exact) mass is 227 g/mol. The van der Waals surface area contributed by atoms with E-state index in [1.54, 1.807) is 7.05 Å². The van der Waals surface area contributed by atoms with E-state index < -0.39 is 0 Å². The molecular weight excluding hydrogens is 198 g/mol. The molecule has 1 unspecified atom stereocenters. The van der Waals surface area contributed by atoms with E-state index in [4.69, 9.17) is 0 Å². The molecule has 0 heterocycles. The van der Waals surface area contributed by atoms with Crippen molar-refractivity contribution in [2.24, 2.45) is 16.7 Å². The maximum absolute atomic E-state index is 12.0. The lowest BCUT2D eigenvalue weighted by Gasteiger charge is -2.38. The van der Waals surface area contributed by atoms with Crippen LogP contribution in [0.1, 0.15) is 60.8 Å². The van der Waals surface area contributed by atoms with Gasteiger partial charge in [-0.15, -0.1) is 0 Å². The summed E-state index contributed by atoms with van der Waals surface area (Å²) in [6, 6.07) is 0. The summed E-state index contributed by atoms with van der Waals surface area (Å²) in [4.78, 5) is 12.0. The lowest BCUT2D eigenvalue weighted by atomic mass is 9.67. The second-order valence-electron chi connectivity index (χ2n) is 6.29. The van der Waals surface area contributed by atoms with Crippen LogP contribution >= 0.6 is 0 Å². The molecular formula is C14H29NO. The van der Waals surface area contributed by atoms with Crippen molar-refractivity contribution in [1.82, 2.24) is 5.32 Å². The summed E-state index contributed by atoms with van der Waals surface area (Å²) in [5.41, 5.74) is 0.316. The molecule has 0 radical (unpaired) electrons. The molecule has 0 fully saturated rings. The smallest absolute Gasteiger partial charge is 0.223 e. The second kappa shape index (κ2) is 5.70. The average molecular weight is 227 g/mol. The topological polar surface area (TPSA) is 29.1 Å². The fraction of sp³-hybridized carbons (Fsp3) is 0.929. The summed E-state index contributed by atoms with van der Waals surface area (Å²) < 4.78 is 0. The van der Waals surface area contributed by atoms with Gasteiger partial charge in [0.2, 0.25) is 5.91 Å². The molecule has 1 amide bonds. The molecule has 0 saturated heterocycles. The van der Waals surface area contributed by atoms with Gasteiger partial charge in [-0.1, -0.05) is 41.5 Å². The van der Waals surface area contributed by atoms with Crippen molar-refractivity contribution in [2.75, 3.05) is 7.05 Å². The normalized spacial score (nSPS) is 14.7. The predicted octanol–water partition coefficient (Wildman–Crippen LogP) is 3.61. The lowest BCUT2D eigenvalue weighted by molar-refractivity contribution is -0.130. The van der Waals surface area contributed by atoms with E-state index in [-0.39, 0.29) is 22.7 Å². The Hall–Kier alpha value is -0.530.